The number of allylic oxidation sites excluding steroid dienone is 1. The molecule has 44 heavy (non-hydrogen) atoms. The van der Waals surface area contributed by atoms with Gasteiger partial charge in [0.15, 0.2) is 0 Å². The Hall–Kier alpha value is -2.64. The summed E-state index contributed by atoms with van der Waals surface area (Å²) >= 11 is 0. The van der Waals surface area contributed by atoms with E-state index in [4.69, 9.17) is 9.47 Å². The second-order valence-electron chi connectivity index (χ2n) is 16.2. The Balaban J connectivity index is 1.37. The van der Waals surface area contributed by atoms with Gasteiger partial charge < -0.3 is 14.8 Å². The molecule has 5 aliphatic rings. The fraction of sp³-hybridized carbons (Fsp3) is 0.778. The van der Waals surface area contributed by atoms with E-state index in [-0.39, 0.29) is 46.0 Å². The van der Waals surface area contributed by atoms with Crippen LogP contribution in [-0.2, 0) is 35.7 Å². The van der Waals surface area contributed by atoms with Crippen LogP contribution in [0.3, 0.4) is 0 Å². The molecule has 0 bridgehead atoms. The highest BCUT2D eigenvalue weighted by atomic mass is 16.5. The number of fused-ring (bicyclic) bond motifs is 8. The predicted molar refractivity (Wildman–Crippen MR) is 167 cm³/mol. The summed E-state index contributed by atoms with van der Waals surface area (Å²) in [6.07, 6.45) is 11.1. The lowest BCUT2D eigenvalue weighted by Crippen LogP contribution is -2.67. The highest BCUT2D eigenvalue weighted by molar-refractivity contribution is 5.87. The molecule has 0 radical (unpaired) electrons. The number of esters is 2. The van der Waals surface area contributed by atoms with Gasteiger partial charge in [-0.2, -0.15) is 5.10 Å². The van der Waals surface area contributed by atoms with Gasteiger partial charge in [0.2, 0.25) is 5.91 Å². The van der Waals surface area contributed by atoms with Crippen molar-refractivity contribution in [1.29, 1.82) is 0 Å². The molecule has 0 saturated heterocycles. The summed E-state index contributed by atoms with van der Waals surface area (Å²) in [5.74, 6) is 1.19. The molecule has 0 spiro atoms. The van der Waals surface area contributed by atoms with Gasteiger partial charge in [0.1, 0.15) is 13.2 Å². The minimum absolute atomic E-state index is 0.0302. The zero-order valence-corrected chi connectivity index (χ0v) is 27.9. The highest BCUT2D eigenvalue weighted by Gasteiger charge is 2.72. The van der Waals surface area contributed by atoms with Crippen molar-refractivity contribution in [3.05, 3.63) is 29.6 Å². The number of carbonyl (C=O) groups is 3. The van der Waals surface area contributed by atoms with Gasteiger partial charge in [-0.1, -0.05) is 39.8 Å². The van der Waals surface area contributed by atoms with Crippen LogP contribution >= 0.6 is 0 Å². The quantitative estimate of drug-likeness (QED) is 0.307. The number of rotatable bonds is 6. The summed E-state index contributed by atoms with van der Waals surface area (Å²) in [5, 5.41) is 10.8. The number of nitrogens with zero attached hydrogens (tertiary/aromatic N) is 1. The van der Waals surface area contributed by atoms with Crippen molar-refractivity contribution in [1.82, 2.24) is 15.5 Å². The maximum Gasteiger partial charge on any atom is 0.325 e. The first-order chi connectivity index (χ1) is 20.7. The fourth-order valence-corrected chi connectivity index (χ4v) is 12.5. The molecule has 4 saturated carbocycles. The van der Waals surface area contributed by atoms with E-state index in [9.17, 15) is 14.4 Å². The van der Waals surface area contributed by atoms with E-state index in [1.54, 1.807) is 0 Å². The van der Waals surface area contributed by atoms with Crippen molar-refractivity contribution < 1.29 is 23.9 Å². The van der Waals surface area contributed by atoms with Crippen molar-refractivity contribution in [2.75, 3.05) is 20.3 Å². The number of hydrogen-bond donors (Lipinski definition) is 2. The smallest absolute Gasteiger partial charge is 0.325 e. The number of nitrogens with one attached hydrogen (secondary N) is 2. The van der Waals surface area contributed by atoms with Crippen molar-refractivity contribution in [2.24, 2.45) is 51.2 Å². The molecule has 242 valence electrons. The average molecular weight is 608 g/mol. The van der Waals surface area contributed by atoms with Gasteiger partial charge in [-0.25, -0.2) is 0 Å². The first-order valence-electron chi connectivity index (χ1n) is 16.8. The van der Waals surface area contributed by atoms with Crippen molar-refractivity contribution in [2.45, 2.75) is 105 Å². The van der Waals surface area contributed by atoms with E-state index in [1.165, 1.54) is 25.2 Å². The Bertz CT molecular complexity index is 1370. The topological polar surface area (TPSA) is 110 Å². The molecule has 1 aromatic rings. The minimum atomic E-state index is -0.467. The standard InChI is InChI=1S/C36H53N3O5/c1-21(2)24-11-14-36(31(42)37-19-28(41)43-8)16-15-34(6)25(29(24)36)9-10-27-32(4)17-23-18-38-39-30(23)33(5,20-44-22(3)40)26(32)12-13-35(27,34)7/h18,24-27,29H,1,9-17,19-20H2,2-8H3,(H,37,42)(H,38,39)/t24-,25+,26+,27+,29+,32-,33-,34+,35+,36-/m0/s1. The Morgan fingerprint density at radius 2 is 1.75 bits per heavy atom. The first-order valence-corrected chi connectivity index (χ1v) is 16.8. The molecule has 0 aliphatic heterocycles. The van der Waals surface area contributed by atoms with Crippen molar-refractivity contribution in [3.8, 4) is 0 Å². The SMILES string of the molecule is C=C(C)[C@@H]1CC[C@]2(C(=O)NCC(=O)OC)CC[C@]3(C)[C@H](CC[C@@H]4[C@@]5(C)Cc6cn[nH]c6[C@@](C)(COC(C)=O)[C@@H]5CC[C@]43C)[C@@H]12. The van der Waals surface area contributed by atoms with E-state index in [0.717, 1.165) is 63.5 Å². The number of hydrogen-bond acceptors (Lipinski definition) is 6. The van der Waals surface area contributed by atoms with Gasteiger partial charge in [-0.15, -0.1) is 0 Å². The van der Waals surface area contributed by atoms with Crippen LogP contribution in [0, 0.1) is 51.2 Å². The molecule has 6 rings (SSSR count). The van der Waals surface area contributed by atoms with E-state index in [0.29, 0.717) is 30.3 Å². The zero-order chi connectivity index (χ0) is 31.9. The Labute approximate surface area is 262 Å². The van der Waals surface area contributed by atoms with E-state index in [2.05, 4.69) is 56.7 Å². The van der Waals surface area contributed by atoms with Crippen LogP contribution in [0.15, 0.2) is 18.3 Å². The summed E-state index contributed by atoms with van der Waals surface area (Å²) in [6.45, 7) is 18.3. The maximum absolute atomic E-state index is 14.0. The summed E-state index contributed by atoms with van der Waals surface area (Å²) in [7, 11) is 1.36. The largest absolute Gasteiger partial charge is 0.468 e. The molecular formula is C36H53N3O5. The van der Waals surface area contributed by atoms with Crippen molar-refractivity contribution >= 4 is 17.8 Å². The second kappa shape index (κ2) is 10.4. The fourth-order valence-electron chi connectivity index (χ4n) is 12.5. The van der Waals surface area contributed by atoms with Crippen LogP contribution in [-0.4, -0.2) is 48.3 Å². The van der Waals surface area contributed by atoms with Crippen LogP contribution in [0.2, 0.25) is 0 Å². The molecule has 1 aromatic heterocycles. The Kier molecular flexibility index (Phi) is 7.44. The number of methoxy groups -OCH3 is 1. The predicted octanol–water partition coefficient (Wildman–Crippen LogP) is 5.91. The molecule has 5 aliphatic carbocycles. The van der Waals surface area contributed by atoms with E-state index < -0.39 is 11.4 Å². The van der Waals surface area contributed by atoms with Crippen molar-refractivity contribution in [3.63, 3.8) is 0 Å². The summed E-state index contributed by atoms with van der Waals surface area (Å²) in [5.41, 5.74) is 3.00. The molecule has 2 N–H and O–H groups in total. The maximum atomic E-state index is 14.0. The molecule has 1 heterocycles. The van der Waals surface area contributed by atoms with Gasteiger partial charge in [-0.05, 0) is 116 Å². The molecule has 4 fully saturated rings. The number of amides is 1. The lowest BCUT2D eigenvalue weighted by Gasteiger charge is -2.72. The first kappa shape index (κ1) is 31.3. The van der Waals surface area contributed by atoms with Crippen LogP contribution in [0.5, 0.6) is 0 Å². The highest BCUT2D eigenvalue weighted by Crippen LogP contribution is 2.77. The molecular weight excluding hydrogens is 554 g/mol. The van der Waals surface area contributed by atoms with Gasteiger partial charge in [0.05, 0.1) is 18.7 Å². The normalized spacial score (nSPS) is 43.8. The summed E-state index contributed by atoms with van der Waals surface area (Å²) in [6, 6.07) is 0. The average Bonchev–Trinajstić information content (AvgIpc) is 3.61. The third-order valence-corrected chi connectivity index (χ3v) is 14.6. The molecule has 8 heteroatoms. The molecule has 10 atom stereocenters. The van der Waals surface area contributed by atoms with E-state index in [1.807, 2.05) is 6.20 Å². The molecule has 0 aromatic carbocycles. The lowest BCUT2D eigenvalue weighted by atomic mass is 9.32. The minimum Gasteiger partial charge on any atom is -0.468 e. The lowest BCUT2D eigenvalue weighted by molar-refractivity contribution is -0.227. The number of aromatic nitrogens is 2. The molecule has 0 unspecified atom stereocenters. The number of H-pyrrole nitrogens is 1. The number of ether oxygens (including phenoxy) is 2. The van der Waals surface area contributed by atoms with E-state index >= 15 is 0 Å². The summed E-state index contributed by atoms with van der Waals surface area (Å²) < 4.78 is 10.6. The van der Waals surface area contributed by atoms with Gasteiger partial charge in [0.25, 0.3) is 0 Å². The monoisotopic (exact) mass is 607 g/mol. The van der Waals surface area contributed by atoms with Crippen LogP contribution < -0.4 is 5.32 Å². The Morgan fingerprint density at radius 3 is 2.43 bits per heavy atom. The molecule has 8 nitrogen and oxygen atoms in total. The number of carbonyl (C=O) groups excluding carboxylic acids is 3. The van der Waals surface area contributed by atoms with Gasteiger partial charge in [-0.3, -0.25) is 19.5 Å². The third-order valence-electron chi connectivity index (χ3n) is 14.6. The van der Waals surface area contributed by atoms with Crippen LogP contribution in [0.4, 0.5) is 0 Å². The second-order valence-corrected chi connectivity index (χ2v) is 16.2. The zero-order valence-electron chi connectivity index (χ0n) is 27.9. The number of aromatic amines is 1. The summed E-state index contributed by atoms with van der Waals surface area (Å²) in [4.78, 5) is 38.1. The third kappa shape index (κ3) is 4.13. The van der Waals surface area contributed by atoms with Gasteiger partial charge >= 0.3 is 11.9 Å². The Morgan fingerprint density at radius 1 is 1.00 bits per heavy atom. The van der Waals surface area contributed by atoms with Crippen LogP contribution in [0.25, 0.3) is 0 Å². The van der Waals surface area contributed by atoms with Crippen LogP contribution in [0.1, 0.15) is 104 Å². The molecule has 1 amide bonds. The van der Waals surface area contributed by atoms with Gasteiger partial charge in [0, 0.05) is 18.0 Å².